The molecule has 1 aliphatic heterocycles. The molecular weight excluding hydrogens is 230 g/mol. The Bertz CT molecular complexity index is 473. The third-order valence-electron chi connectivity index (χ3n) is 3.28. The van der Waals surface area contributed by atoms with Crippen molar-refractivity contribution in [3.63, 3.8) is 0 Å². The Hall–Kier alpha value is -2.04. The van der Waals surface area contributed by atoms with Crippen molar-refractivity contribution in [3.05, 3.63) is 29.8 Å². The first kappa shape index (κ1) is 12.4. The molecule has 0 radical (unpaired) electrons. The molecule has 1 aliphatic rings. The summed E-state index contributed by atoms with van der Waals surface area (Å²) in [5.41, 5.74) is 6.91. The quantitative estimate of drug-likeness (QED) is 0.556. The largest absolute Gasteiger partial charge is 0.480 e. The van der Waals surface area contributed by atoms with E-state index in [1.165, 1.54) is 0 Å². The highest BCUT2D eigenvalue weighted by atomic mass is 16.4. The molecule has 0 saturated carbocycles. The van der Waals surface area contributed by atoms with Gasteiger partial charge in [0.25, 0.3) is 0 Å². The number of amidine groups is 1. The number of carbonyl (C=O) groups is 1. The van der Waals surface area contributed by atoms with Crippen LogP contribution in [0.1, 0.15) is 24.8 Å². The van der Waals surface area contributed by atoms with E-state index in [9.17, 15) is 9.90 Å². The molecule has 2 rings (SSSR count). The molecular formula is C13H17N3O2. The predicted molar refractivity (Wildman–Crippen MR) is 70.1 cm³/mol. The van der Waals surface area contributed by atoms with E-state index in [0.717, 1.165) is 25.1 Å². The third-order valence-corrected chi connectivity index (χ3v) is 3.28. The summed E-state index contributed by atoms with van der Waals surface area (Å²) in [6.45, 7) is 0.734. The summed E-state index contributed by atoms with van der Waals surface area (Å²) in [7, 11) is 0. The van der Waals surface area contributed by atoms with Gasteiger partial charge in [-0.3, -0.25) is 5.41 Å². The number of nitrogen functional groups attached to an aromatic ring is 1. The molecule has 5 nitrogen and oxygen atoms in total. The van der Waals surface area contributed by atoms with Crippen molar-refractivity contribution in [2.45, 2.75) is 25.3 Å². The van der Waals surface area contributed by atoms with Crippen LogP contribution >= 0.6 is 0 Å². The van der Waals surface area contributed by atoms with Gasteiger partial charge in [-0.15, -0.1) is 0 Å². The monoisotopic (exact) mass is 247 g/mol. The number of rotatable bonds is 3. The number of carboxylic acid groups (broad SMARTS) is 1. The first-order valence-corrected chi connectivity index (χ1v) is 6.03. The van der Waals surface area contributed by atoms with Crippen LogP contribution in [0.2, 0.25) is 0 Å². The minimum absolute atomic E-state index is 0.000680. The van der Waals surface area contributed by atoms with Gasteiger partial charge in [-0.1, -0.05) is 12.1 Å². The van der Waals surface area contributed by atoms with Gasteiger partial charge in [0.2, 0.25) is 0 Å². The lowest BCUT2D eigenvalue weighted by atomic mass is 10.0. The van der Waals surface area contributed by atoms with Gasteiger partial charge in [0, 0.05) is 17.8 Å². The summed E-state index contributed by atoms with van der Waals surface area (Å²) >= 11 is 0. The van der Waals surface area contributed by atoms with Crippen LogP contribution in [0.4, 0.5) is 5.69 Å². The molecule has 0 unspecified atom stereocenters. The van der Waals surface area contributed by atoms with Gasteiger partial charge in [0.05, 0.1) is 0 Å². The molecule has 1 atom stereocenters. The number of nitrogens with two attached hydrogens (primary N) is 1. The number of carboxylic acids is 1. The Morgan fingerprint density at radius 2 is 2.22 bits per heavy atom. The van der Waals surface area contributed by atoms with Gasteiger partial charge in [-0.2, -0.15) is 0 Å². The molecule has 1 aromatic rings. The maximum absolute atomic E-state index is 11.2. The molecule has 1 fully saturated rings. The number of nitrogens with zero attached hydrogens (tertiary/aromatic N) is 1. The van der Waals surface area contributed by atoms with Gasteiger partial charge in [-0.25, -0.2) is 4.79 Å². The number of benzene rings is 1. The number of hydrogen-bond donors (Lipinski definition) is 3. The Labute approximate surface area is 106 Å². The van der Waals surface area contributed by atoms with Crippen LogP contribution in [0.5, 0.6) is 0 Å². The Morgan fingerprint density at radius 3 is 2.89 bits per heavy atom. The molecule has 18 heavy (non-hydrogen) atoms. The number of hydrogen-bond acceptors (Lipinski definition) is 3. The summed E-state index contributed by atoms with van der Waals surface area (Å²) in [5, 5.41) is 16.7. The first-order valence-electron chi connectivity index (χ1n) is 6.03. The average Bonchev–Trinajstić information content (AvgIpc) is 2.39. The molecule has 1 saturated heterocycles. The second-order valence-electron chi connectivity index (χ2n) is 4.51. The first-order chi connectivity index (χ1) is 8.59. The molecule has 0 aromatic heterocycles. The molecule has 0 aliphatic carbocycles. The van der Waals surface area contributed by atoms with E-state index in [1.54, 1.807) is 18.2 Å². The molecule has 0 amide bonds. The van der Waals surface area contributed by atoms with Crippen molar-refractivity contribution in [1.82, 2.24) is 0 Å². The fraction of sp³-hybridized carbons (Fsp3) is 0.385. The van der Waals surface area contributed by atoms with Crippen LogP contribution in [-0.4, -0.2) is 29.5 Å². The van der Waals surface area contributed by atoms with E-state index in [-0.39, 0.29) is 5.84 Å². The molecule has 5 heteroatoms. The molecule has 0 bridgehead atoms. The Kier molecular flexibility index (Phi) is 3.50. The van der Waals surface area contributed by atoms with Crippen LogP contribution in [0.3, 0.4) is 0 Å². The van der Waals surface area contributed by atoms with Crippen molar-refractivity contribution < 1.29 is 9.90 Å². The van der Waals surface area contributed by atoms with Gasteiger partial charge in [0.1, 0.15) is 11.9 Å². The van der Waals surface area contributed by atoms with Gasteiger partial charge >= 0.3 is 5.97 Å². The van der Waals surface area contributed by atoms with Gasteiger partial charge in [-0.05, 0) is 31.4 Å². The number of anilines is 1. The maximum atomic E-state index is 11.2. The Morgan fingerprint density at radius 1 is 1.44 bits per heavy atom. The summed E-state index contributed by atoms with van der Waals surface area (Å²) in [4.78, 5) is 13.1. The van der Waals surface area contributed by atoms with E-state index in [0.29, 0.717) is 12.0 Å². The highest BCUT2D eigenvalue weighted by Gasteiger charge is 2.28. The number of nitrogens with one attached hydrogen (secondary N) is 1. The van der Waals surface area contributed by atoms with Gasteiger partial charge < -0.3 is 15.7 Å². The van der Waals surface area contributed by atoms with Crippen LogP contribution in [0, 0.1) is 5.41 Å². The lowest BCUT2D eigenvalue weighted by molar-refractivity contribution is -0.139. The van der Waals surface area contributed by atoms with E-state index in [1.807, 2.05) is 11.0 Å². The minimum atomic E-state index is -0.789. The van der Waals surface area contributed by atoms with Crippen molar-refractivity contribution >= 4 is 17.5 Å². The highest BCUT2D eigenvalue weighted by molar-refractivity contribution is 5.96. The summed E-state index contributed by atoms with van der Waals surface area (Å²) < 4.78 is 0. The molecule has 1 aromatic carbocycles. The second-order valence-corrected chi connectivity index (χ2v) is 4.51. The standard InChI is InChI=1S/C13H17N3O2/c14-12(15)9-4-3-5-10(8-9)16-7-2-1-6-11(16)13(17)18/h3-5,8,11H,1-2,6-7H2,(H3,14,15)(H,17,18)/t11-/m1/s1. The normalized spacial score (nSPS) is 19.6. The molecule has 96 valence electrons. The van der Waals surface area contributed by atoms with Crippen molar-refractivity contribution in [2.24, 2.45) is 5.73 Å². The zero-order valence-corrected chi connectivity index (χ0v) is 10.1. The van der Waals surface area contributed by atoms with E-state index >= 15 is 0 Å². The van der Waals surface area contributed by atoms with Crippen LogP contribution in [0.15, 0.2) is 24.3 Å². The zero-order valence-electron chi connectivity index (χ0n) is 10.1. The summed E-state index contributed by atoms with van der Waals surface area (Å²) in [6.07, 6.45) is 2.60. The lowest BCUT2D eigenvalue weighted by Crippen LogP contribution is -2.44. The second kappa shape index (κ2) is 5.08. The average molecular weight is 247 g/mol. The predicted octanol–water partition coefficient (Wildman–Crippen LogP) is 1.41. The number of piperidine rings is 1. The lowest BCUT2D eigenvalue weighted by Gasteiger charge is -2.35. The SMILES string of the molecule is N=C(N)c1cccc(N2CCCC[C@@H]2C(=O)O)c1. The van der Waals surface area contributed by atoms with E-state index in [2.05, 4.69) is 0 Å². The van der Waals surface area contributed by atoms with Crippen molar-refractivity contribution in [2.75, 3.05) is 11.4 Å². The fourth-order valence-electron chi connectivity index (χ4n) is 2.35. The number of aliphatic carboxylic acids is 1. The van der Waals surface area contributed by atoms with Crippen molar-refractivity contribution in [3.8, 4) is 0 Å². The van der Waals surface area contributed by atoms with Crippen LogP contribution in [-0.2, 0) is 4.79 Å². The molecule has 0 spiro atoms. The smallest absolute Gasteiger partial charge is 0.326 e. The van der Waals surface area contributed by atoms with E-state index < -0.39 is 12.0 Å². The third kappa shape index (κ3) is 2.45. The highest BCUT2D eigenvalue weighted by Crippen LogP contribution is 2.25. The zero-order chi connectivity index (χ0) is 13.1. The van der Waals surface area contributed by atoms with Gasteiger partial charge in [0.15, 0.2) is 0 Å². The summed E-state index contributed by atoms with van der Waals surface area (Å²) in [6, 6.07) is 6.74. The topological polar surface area (TPSA) is 90.4 Å². The van der Waals surface area contributed by atoms with Crippen LogP contribution in [0.25, 0.3) is 0 Å². The maximum Gasteiger partial charge on any atom is 0.326 e. The molecule has 4 N–H and O–H groups in total. The Balaban J connectivity index is 2.30. The van der Waals surface area contributed by atoms with E-state index in [4.69, 9.17) is 11.1 Å². The molecule has 1 heterocycles. The minimum Gasteiger partial charge on any atom is -0.480 e. The van der Waals surface area contributed by atoms with Crippen molar-refractivity contribution in [1.29, 1.82) is 5.41 Å². The fourth-order valence-corrected chi connectivity index (χ4v) is 2.35. The summed E-state index contributed by atoms with van der Waals surface area (Å²) in [5.74, 6) is -0.788. The van der Waals surface area contributed by atoms with Crippen LogP contribution < -0.4 is 10.6 Å².